The van der Waals surface area contributed by atoms with Gasteiger partial charge in [-0.05, 0) is 35.9 Å². The summed E-state index contributed by atoms with van der Waals surface area (Å²) in [5, 5.41) is 0. The Balaban J connectivity index is 2.24. The smallest absolute Gasteiger partial charge is 0.252 e. The molecular formula is C16H18N2O5S. The monoisotopic (exact) mass is 350 g/mol. The van der Waals surface area contributed by atoms with Crippen LogP contribution < -0.4 is 19.9 Å². The molecule has 0 saturated carbocycles. The van der Waals surface area contributed by atoms with Crippen LogP contribution in [0.15, 0.2) is 47.4 Å². The van der Waals surface area contributed by atoms with Gasteiger partial charge in [-0.25, -0.2) is 13.1 Å². The van der Waals surface area contributed by atoms with Crippen molar-refractivity contribution in [1.29, 1.82) is 0 Å². The Kier molecular flexibility index (Phi) is 5.42. The van der Waals surface area contributed by atoms with Crippen molar-refractivity contribution in [2.75, 3.05) is 14.2 Å². The molecule has 8 heteroatoms. The minimum absolute atomic E-state index is 0.00163. The van der Waals surface area contributed by atoms with Gasteiger partial charge < -0.3 is 15.2 Å². The molecular weight excluding hydrogens is 332 g/mol. The fraction of sp³-hybridized carbons (Fsp3) is 0.188. The number of primary amides is 1. The Morgan fingerprint density at radius 1 is 1.12 bits per heavy atom. The number of methoxy groups -OCH3 is 2. The minimum atomic E-state index is -3.81. The molecule has 128 valence electrons. The van der Waals surface area contributed by atoms with Gasteiger partial charge in [0, 0.05) is 6.54 Å². The van der Waals surface area contributed by atoms with Gasteiger partial charge in [0.05, 0.1) is 24.7 Å². The van der Waals surface area contributed by atoms with Crippen LogP contribution in [0.3, 0.4) is 0 Å². The van der Waals surface area contributed by atoms with Crippen molar-refractivity contribution in [2.45, 2.75) is 11.4 Å². The normalized spacial score (nSPS) is 11.1. The molecule has 0 radical (unpaired) electrons. The van der Waals surface area contributed by atoms with E-state index in [0.29, 0.717) is 5.75 Å². The molecule has 24 heavy (non-hydrogen) atoms. The molecule has 3 N–H and O–H groups in total. The zero-order chi connectivity index (χ0) is 17.7. The Labute approximate surface area is 140 Å². The van der Waals surface area contributed by atoms with Crippen LogP contribution in [0.4, 0.5) is 0 Å². The van der Waals surface area contributed by atoms with Gasteiger partial charge in [-0.1, -0.05) is 12.1 Å². The first kappa shape index (κ1) is 17.8. The summed E-state index contributed by atoms with van der Waals surface area (Å²) in [5.74, 6) is 0.0816. The van der Waals surface area contributed by atoms with Crippen molar-refractivity contribution in [3.63, 3.8) is 0 Å². The van der Waals surface area contributed by atoms with Gasteiger partial charge in [-0.15, -0.1) is 0 Å². The Morgan fingerprint density at radius 3 is 2.50 bits per heavy atom. The van der Waals surface area contributed by atoms with Crippen LogP contribution in [0.2, 0.25) is 0 Å². The third-order valence-electron chi connectivity index (χ3n) is 3.35. The highest BCUT2D eigenvalue weighted by Crippen LogP contribution is 2.22. The van der Waals surface area contributed by atoms with E-state index in [4.69, 9.17) is 15.2 Å². The lowest BCUT2D eigenvalue weighted by Crippen LogP contribution is -2.24. The quantitative estimate of drug-likeness (QED) is 0.782. The lowest BCUT2D eigenvalue weighted by atomic mass is 10.2. The predicted octanol–water partition coefficient (Wildman–Crippen LogP) is 1.28. The van der Waals surface area contributed by atoms with Crippen LogP contribution in [0.25, 0.3) is 0 Å². The van der Waals surface area contributed by atoms with Crippen LogP contribution in [-0.4, -0.2) is 28.5 Å². The van der Waals surface area contributed by atoms with Crippen molar-refractivity contribution < 1.29 is 22.7 Å². The lowest BCUT2D eigenvalue weighted by Gasteiger charge is -2.11. The van der Waals surface area contributed by atoms with E-state index in [-0.39, 0.29) is 22.8 Å². The molecule has 0 heterocycles. The number of nitrogens with one attached hydrogen (secondary N) is 1. The fourth-order valence-corrected chi connectivity index (χ4v) is 3.13. The third-order valence-corrected chi connectivity index (χ3v) is 4.75. The molecule has 0 aliphatic rings. The molecule has 0 bridgehead atoms. The summed E-state index contributed by atoms with van der Waals surface area (Å²) in [7, 11) is -0.907. The molecule has 0 fully saturated rings. The second-order valence-electron chi connectivity index (χ2n) is 4.90. The molecule has 2 aromatic carbocycles. The Bertz CT molecular complexity index is 849. The van der Waals surface area contributed by atoms with E-state index in [0.717, 1.165) is 5.56 Å². The first-order valence-corrected chi connectivity index (χ1v) is 8.46. The summed E-state index contributed by atoms with van der Waals surface area (Å²) in [6.45, 7) is 0.0808. The highest BCUT2D eigenvalue weighted by Gasteiger charge is 2.18. The van der Waals surface area contributed by atoms with Crippen LogP contribution in [0.1, 0.15) is 15.9 Å². The van der Waals surface area contributed by atoms with Gasteiger partial charge >= 0.3 is 0 Å². The Morgan fingerprint density at radius 2 is 1.88 bits per heavy atom. The maximum absolute atomic E-state index is 12.4. The largest absolute Gasteiger partial charge is 0.497 e. The zero-order valence-electron chi connectivity index (χ0n) is 13.3. The number of sulfonamides is 1. The SMILES string of the molecule is COc1cccc(CNS(=O)(=O)c2ccc(OC)c(C(N)=O)c2)c1. The number of carbonyl (C=O) groups excluding carboxylic acids is 1. The van der Waals surface area contributed by atoms with E-state index in [9.17, 15) is 13.2 Å². The molecule has 0 saturated heterocycles. The molecule has 2 rings (SSSR count). The van der Waals surface area contributed by atoms with Crippen LogP contribution in [0, 0.1) is 0 Å². The number of carbonyl (C=O) groups is 1. The number of ether oxygens (including phenoxy) is 2. The molecule has 1 amide bonds. The minimum Gasteiger partial charge on any atom is -0.497 e. The van der Waals surface area contributed by atoms with E-state index in [1.807, 2.05) is 0 Å². The summed E-state index contributed by atoms with van der Waals surface area (Å²) < 4.78 is 37.4. The second-order valence-corrected chi connectivity index (χ2v) is 6.67. The van der Waals surface area contributed by atoms with Crippen molar-refractivity contribution in [3.05, 3.63) is 53.6 Å². The average molecular weight is 350 g/mol. The molecule has 0 unspecified atom stereocenters. The highest BCUT2D eigenvalue weighted by molar-refractivity contribution is 7.89. The van der Waals surface area contributed by atoms with Gasteiger partial charge in [-0.3, -0.25) is 4.79 Å². The molecule has 0 atom stereocenters. The topological polar surface area (TPSA) is 108 Å². The van der Waals surface area contributed by atoms with Gasteiger partial charge in [0.15, 0.2) is 0 Å². The van der Waals surface area contributed by atoms with E-state index in [1.165, 1.54) is 32.4 Å². The zero-order valence-corrected chi connectivity index (χ0v) is 14.1. The van der Waals surface area contributed by atoms with E-state index in [2.05, 4.69) is 4.72 Å². The Hall–Kier alpha value is -2.58. The molecule has 7 nitrogen and oxygen atoms in total. The highest BCUT2D eigenvalue weighted by atomic mass is 32.2. The van der Waals surface area contributed by atoms with Crippen LogP contribution >= 0.6 is 0 Å². The number of nitrogens with two attached hydrogens (primary N) is 1. The fourth-order valence-electron chi connectivity index (χ4n) is 2.09. The van der Waals surface area contributed by atoms with Crippen molar-refractivity contribution in [2.24, 2.45) is 5.73 Å². The van der Waals surface area contributed by atoms with Crippen LogP contribution in [-0.2, 0) is 16.6 Å². The molecule has 0 aliphatic carbocycles. The second kappa shape index (κ2) is 7.33. The third kappa shape index (κ3) is 4.03. The number of hydrogen-bond acceptors (Lipinski definition) is 5. The molecule has 0 spiro atoms. The van der Waals surface area contributed by atoms with Gasteiger partial charge in [0.1, 0.15) is 11.5 Å². The molecule has 0 aliphatic heterocycles. The number of benzene rings is 2. The summed E-state index contributed by atoms with van der Waals surface area (Å²) in [5.41, 5.74) is 5.99. The van der Waals surface area contributed by atoms with E-state index >= 15 is 0 Å². The van der Waals surface area contributed by atoms with Crippen molar-refractivity contribution >= 4 is 15.9 Å². The first-order chi connectivity index (χ1) is 11.4. The summed E-state index contributed by atoms with van der Waals surface area (Å²) in [4.78, 5) is 11.4. The number of rotatable bonds is 7. The van der Waals surface area contributed by atoms with E-state index in [1.54, 1.807) is 24.3 Å². The lowest BCUT2D eigenvalue weighted by molar-refractivity contribution is 0.0997. The summed E-state index contributed by atoms with van der Waals surface area (Å²) in [6, 6.07) is 11.0. The van der Waals surface area contributed by atoms with Gasteiger partial charge in [-0.2, -0.15) is 0 Å². The van der Waals surface area contributed by atoms with Crippen molar-refractivity contribution in [1.82, 2.24) is 4.72 Å². The summed E-state index contributed by atoms with van der Waals surface area (Å²) in [6.07, 6.45) is 0. The summed E-state index contributed by atoms with van der Waals surface area (Å²) >= 11 is 0. The van der Waals surface area contributed by atoms with Crippen LogP contribution in [0.5, 0.6) is 11.5 Å². The number of hydrogen-bond donors (Lipinski definition) is 2. The van der Waals surface area contributed by atoms with E-state index < -0.39 is 15.9 Å². The maximum Gasteiger partial charge on any atom is 0.252 e. The number of amides is 1. The van der Waals surface area contributed by atoms with Gasteiger partial charge in [0.2, 0.25) is 10.0 Å². The average Bonchev–Trinajstić information content (AvgIpc) is 2.59. The molecule has 0 aromatic heterocycles. The first-order valence-electron chi connectivity index (χ1n) is 6.98. The predicted molar refractivity (Wildman–Crippen MR) is 88.5 cm³/mol. The van der Waals surface area contributed by atoms with Gasteiger partial charge in [0.25, 0.3) is 5.91 Å². The van der Waals surface area contributed by atoms with Crippen molar-refractivity contribution in [3.8, 4) is 11.5 Å². The molecule has 2 aromatic rings. The standard InChI is InChI=1S/C16H18N2O5S/c1-22-12-5-3-4-11(8-12)10-18-24(20,21)13-6-7-15(23-2)14(9-13)16(17)19/h3-9,18H,10H2,1-2H3,(H2,17,19). The maximum atomic E-state index is 12.4.